The fourth-order valence-corrected chi connectivity index (χ4v) is 1.87. The van der Waals surface area contributed by atoms with E-state index in [9.17, 15) is 0 Å². The van der Waals surface area contributed by atoms with Gasteiger partial charge in [0, 0.05) is 12.2 Å². The van der Waals surface area contributed by atoms with Gasteiger partial charge >= 0.3 is 0 Å². The minimum absolute atomic E-state index is 0.128. The van der Waals surface area contributed by atoms with Crippen molar-refractivity contribution in [2.45, 2.75) is 13.0 Å². The lowest BCUT2D eigenvalue weighted by Gasteiger charge is -2.07. The molecular weight excluding hydrogens is 264 g/mol. The van der Waals surface area contributed by atoms with Crippen molar-refractivity contribution in [2.75, 3.05) is 13.2 Å². The van der Waals surface area contributed by atoms with Gasteiger partial charge in [-0.1, -0.05) is 36.1 Å². The molecule has 0 heterocycles. The summed E-state index contributed by atoms with van der Waals surface area (Å²) in [6, 6.07) is 15.5. The van der Waals surface area contributed by atoms with Crippen molar-refractivity contribution >= 4 is 0 Å². The Bertz CT molecular complexity index is 604. The van der Waals surface area contributed by atoms with Gasteiger partial charge in [0.05, 0.1) is 0 Å². The number of benzene rings is 2. The maximum Gasteiger partial charge on any atom is 0.119 e. The molecule has 0 bridgehead atoms. The van der Waals surface area contributed by atoms with E-state index in [1.165, 1.54) is 0 Å². The third-order valence-corrected chi connectivity index (χ3v) is 3.00. The summed E-state index contributed by atoms with van der Waals surface area (Å²) in [6.07, 6.45) is 0.663. The minimum Gasteiger partial charge on any atom is -0.489 e. The van der Waals surface area contributed by atoms with E-state index in [4.69, 9.17) is 14.9 Å². The molecule has 0 aliphatic carbocycles. The zero-order chi connectivity index (χ0) is 14.9. The van der Waals surface area contributed by atoms with Crippen molar-refractivity contribution in [3.05, 3.63) is 65.2 Å². The zero-order valence-corrected chi connectivity index (χ0v) is 11.7. The van der Waals surface area contributed by atoms with E-state index >= 15 is 0 Å². The van der Waals surface area contributed by atoms with Crippen molar-refractivity contribution in [1.82, 2.24) is 0 Å². The van der Waals surface area contributed by atoms with Crippen LogP contribution in [-0.2, 0) is 13.0 Å². The smallest absolute Gasteiger partial charge is 0.119 e. The molecule has 0 radical (unpaired) electrons. The van der Waals surface area contributed by atoms with E-state index in [0.29, 0.717) is 13.0 Å². The van der Waals surface area contributed by atoms with Crippen LogP contribution in [0.25, 0.3) is 0 Å². The molecule has 0 fully saturated rings. The zero-order valence-electron chi connectivity index (χ0n) is 11.7. The van der Waals surface area contributed by atoms with Crippen molar-refractivity contribution in [1.29, 1.82) is 0 Å². The van der Waals surface area contributed by atoms with E-state index in [1.807, 2.05) is 48.5 Å². The molecule has 0 amide bonds. The fourth-order valence-electron chi connectivity index (χ4n) is 1.87. The second kappa shape index (κ2) is 8.11. The fraction of sp³-hybridized carbons (Fsp3) is 0.222. The maximum atomic E-state index is 8.86. The van der Waals surface area contributed by atoms with Gasteiger partial charge in [0.25, 0.3) is 0 Å². The number of aliphatic hydroxyl groups is 2. The molecular formula is C18H18O3. The van der Waals surface area contributed by atoms with Crippen LogP contribution in [-0.4, -0.2) is 23.4 Å². The summed E-state index contributed by atoms with van der Waals surface area (Å²) in [5.74, 6) is 6.27. The highest BCUT2D eigenvalue weighted by molar-refractivity contribution is 5.36. The molecule has 2 aromatic rings. The van der Waals surface area contributed by atoms with Gasteiger partial charge in [-0.25, -0.2) is 0 Å². The van der Waals surface area contributed by atoms with Gasteiger partial charge in [0.2, 0.25) is 0 Å². The predicted octanol–water partition coefficient (Wildman–Crippen LogP) is 2.14. The first-order chi connectivity index (χ1) is 10.3. The van der Waals surface area contributed by atoms with Gasteiger partial charge in [-0.3, -0.25) is 0 Å². The Morgan fingerprint density at radius 3 is 2.14 bits per heavy atom. The second-order valence-corrected chi connectivity index (χ2v) is 4.56. The Labute approximate surface area is 124 Å². The Morgan fingerprint density at radius 2 is 1.52 bits per heavy atom. The number of ether oxygens (including phenoxy) is 1. The SMILES string of the molecule is OCC#Cc1ccc(COc2ccc(CCO)cc2)cc1. The van der Waals surface area contributed by atoms with Gasteiger partial charge in [0.15, 0.2) is 0 Å². The first kappa shape index (κ1) is 15.1. The van der Waals surface area contributed by atoms with Crippen LogP contribution in [0.5, 0.6) is 5.75 Å². The molecule has 0 aliphatic rings. The summed E-state index contributed by atoms with van der Waals surface area (Å²) in [6.45, 7) is 0.524. The predicted molar refractivity (Wildman–Crippen MR) is 82.0 cm³/mol. The topological polar surface area (TPSA) is 49.7 Å². The lowest BCUT2D eigenvalue weighted by molar-refractivity contribution is 0.298. The van der Waals surface area contributed by atoms with Crippen molar-refractivity contribution in [3.63, 3.8) is 0 Å². The normalized spacial score (nSPS) is 9.81. The first-order valence-electron chi connectivity index (χ1n) is 6.83. The molecule has 2 rings (SSSR count). The van der Waals surface area contributed by atoms with E-state index in [0.717, 1.165) is 22.4 Å². The molecule has 2 N–H and O–H groups in total. The average Bonchev–Trinajstić information content (AvgIpc) is 2.53. The molecule has 3 nitrogen and oxygen atoms in total. The summed E-state index contributed by atoms with van der Waals surface area (Å²) in [5.41, 5.74) is 3.03. The maximum absolute atomic E-state index is 8.86. The van der Waals surface area contributed by atoms with Crippen LogP contribution in [0.4, 0.5) is 0 Å². The first-order valence-corrected chi connectivity index (χ1v) is 6.83. The van der Waals surface area contributed by atoms with Crippen LogP contribution in [0.15, 0.2) is 48.5 Å². The summed E-state index contributed by atoms with van der Waals surface area (Å²) in [4.78, 5) is 0. The number of rotatable bonds is 5. The summed E-state index contributed by atoms with van der Waals surface area (Å²) >= 11 is 0. The van der Waals surface area contributed by atoms with Crippen molar-refractivity contribution in [2.24, 2.45) is 0 Å². The van der Waals surface area contributed by atoms with Crippen molar-refractivity contribution < 1.29 is 14.9 Å². The third kappa shape index (κ3) is 4.96. The van der Waals surface area contributed by atoms with Crippen LogP contribution < -0.4 is 4.74 Å². The second-order valence-electron chi connectivity index (χ2n) is 4.56. The molecule has 0 aliphatic heterocycles. The van der Waals surface area contributed by atoms with E-state index in [-0.39, 0.29) is 13.2 Å². The van der Waals surface area contributed by atoms with Crippen molar-refractivity contribution in [3.8, 4) is 17.6 Å². The van der Waals surface area contributed by atoms with Gasteiger partial charge in [-0.05, 0) is 41.8 Å². The van der Waals surface area contributed by atoms with Crippen LogP contribution in [0, 0.1) is 11.8 Å². The summed E-state index contributed by atoms with van der Waals surface area (Å²) in [7, 11) is 0. The lowest BCUT2D eigenvalue weighted by atomic mass is 10.1. The molecule has 108 valence electrons. The average molecular weight is 282 g/mol. The van der Waals surface area contributed by atoms with Crippen LogP contribution in [0.2, 0.25) is 0 Å². The quantitative estimate of drug-likeness (QED) is 0.826. The molecule has 0 spiro atoms. The van der Waals surface area contributed by atoms with Gasteiger partial charge in [0.1, 0.15) is 19.0 Å². The van der Waals surface area contributed by atoms with Gasteiger partial charge in [-0.15, -0.1) is 0 Å². The molecule has 0 unspecified atom stereocenters. The van der Waals surface area contributed by atoms with Crippen LogP contribution in [0.3, 0.4) is 0 Å². The highest BCUT2D eigenvalue weighted by Gasteiger charge is 1.97. The monoisotopic (exact) mass is 282 g/mol. The Balaban J connectivity index is 1.90. The number of hydrogen-bond acceptors (Lipinski definition) is 3. The molecule has 3 heteroatoms. The van der Waals surface area contributed by atoms with E-state index < -0.39 is 0 Å². The lowest BCUT2D eigenvalue weighted by Crippen LogP contribution is -1.96. The molecule has 0 aromatic heterocycles. The molecule has 0 saturated heterocycles. The standard InChI is InChI=1S/C18H18O3/c19-12-1-2-15-3-5-17(6-4-15)14-21-18-9-7-16(8-10-18)11-13-20/h3-10,19-20H,11-14H2. The summed E-state index contributed by atoms with van der Waals surface area (Å²) in [5, 5.41) is 17.5. The van der Waals surface area contributed by atoms with E-state index in [2.05, 4.69) is 11.8 Å². The Morgan fingerprint density at radius 1 is 0.857 bits per heavy atom. The van der Waals surface area contributed by atoms with E-state index in [1.54, 1.807) is 0 Å². The Hall–Kier alpha value is -2.28. The highest BCUT2D eigenvalue weighted by atomic mass is 16.5. The highest BCUT2D eigenvalue weighted by Crippen LogP contribution is 2.14. The third-order valence-electron chi connectivity index (χ3n) is 3.00. The number of hydrogen-bond donors (Lipinski definition) is 2. The molecule has 2 aromatic carbocycles. The molecule has 0 saturated carbocycles. The van der Waals surface area contributed by atoms with Crippen LogP contribution >= 0.6 is 0 Å². The summed E-state index contributed by atoms with van der Waals surface area (Å²) < 4.78 is 5.71. The molecule has 0 atom stereocenters. The van der Waals surface area contributed by atoms with Gasteiger partial charge < -0.3 is 14.9 Å². The van der Waals surface area contributed by atoms with Crippen LogP contribution in [0.1, 0.15) is 16.7 Å². The molecule has 21 heavy (non-hydrogen) atoms. The number of aliphatic hydroxyl groups excluding tert-OH is 2. The minimum atomic E-state index is -0.128. The largest absolute Gasteiger partial charge is 0.489 e. The Kier molecular flexibility index (Phi) is 5.83. The van der Waals surface area contributed by atoms with Gasteiger partial charge in [-0.2, -0.15) is 0 Å².